The Hall–Kier alpha value is -2.04. The maximum absolute atomic E-state index is 12.5. The molecule has 0 spiro atoms. The van der Waals surface area contributed by atoms with Crippen molar-refractivity contribution in [3.8, 4) is 0 Å². The second-order valence-electron chi connectivity index (χ2n) is 6.10. The maximum Gasteiger partial charge on any atom is 0.253 e. The lowest BCUT2D eigenvalue weighted by Gasteiger charge is -2.18. The van der Waals surface area contributed by atoms with Crippen LogP contribution in [-0.2, 0) is 11.3 Å². The molecular formula is C19H20Cl2N2O2. The first kappa shape index (κ1) is 19.3. The van der Waals surface area contributed by atoms with E-state index in [1.165, 1.54) is 0 Å². The van der Waals surface area contributed by atoms with Gasteiger partial charge in [0, 0.05) is 30.8 Å². The van der Waals surface area contributed by atoms with Gasteiger partial charge >= 0.3 is 0 Å². The van der Waals surface area contributed by atoms with Crippen LogP contribution in [0.1, 0.15) is 29.8 Å². The zero-order chi connectivity index (χ0) is 18.6. The Morgan fingerprint density at radius 1 is 1.08 bits per heavy atom. The summed E-state index contributed by atoms with van der Waals surface area (Å²) < 4.78 is 0. The predicted molar refractivity (Wildman–Crippen MR) is 102 cm³/mol. The number of carbonyl (C=O) groups excluding carboxylic acids is 2. The molecule has 2 aromatic rings. The van der Waals surface area contributed by atoms with Crippen molar-refractivity contribution in [1.29, 1.82) is 0 Å². The molecule has 0 unspecified atom stereocenters. The minimum Gasteiger partial charge on any atom is -0.337 e. The van der Waals surface area contributed by atoms with Crippen LogP contribution in [0.15, 0.2) is 42.5 Å². The summed E-state index contributed by atoms with van der Waals surface area (Å²) in [5.41, 5.74) is 1.98. The Balaban J connectivity index is 2.06. The highest BCUT2D eigenvalue weighted by molar-refractivity contribution is 6.42. The fraction of sp³-hybridized carbons (Fsp3) is 0.263. The number of nitrogens with zero attached hydrogens (tertiary/aromatic N) is 1. The van der Waals surface area contributed by atoms with Gasteiger partial charge in [-0.1, -0.05) is 49.2 Å². The quantitative estimate of drug-likeness (QED) is 0.807. The van der Waals surface area contributed by atoms with E-state index in [0.29, 0.717) is 27.8 Å². The monoisotopic (exact) mass is 378 g/mol. The molecule has 0 radical (unpaired) electrons. The maximum atomic E-state index is 12.5. The highest BCUT2D eigenvalue weighted by Crippen LogP contribution is 2.26. The van der Waals surface area contributed by atoms with Gasteiger partial charge in [0.05, 0.1) is 10.0 Å². The summed E-state index contributed by atoms with van der Waals surface area (Å²) in [4.78, 5) is 25.8. The second-order valence-corrected chi connectivity index (χ2v) is 6.88. The number of anilines is 1. The number of hydrogen-bond donors (Lipinski definition) is 1. The molecule has 1 N–H and O–H groups in total. The molecule has 0 aliphatic rings. The lowest BCUT2D eigenvalue weighted by atomic mass is 10.1. The molecule has 25 heavy (non-hydrogen) atoms. The Morgan fingerprint density at radius 3 is 2.32 bits per heavy atom. The van der Waals surface area contributed by atoms with Gasteiger partial charge in [-0.15, -0.1) is 0 Å². The normalized spacial score (nSPS) is 10.6. The van der Waals surface area contributed by atoms with Gasteiger partial charge in [-0.2, -0.15) is 0 Å². The van der Waals surface area contributed by atoms with Crippen molar-refractivity contribution in [3.05, 3.63) is 63.6 Å². The van der Waals surface area contributed by atoms with Crippen LogP contribution in [0, 0.1) is 5.92 Å². The third-order valence-electron chi connectivity index (χ3n) is 3.71. The average Bonchev–Trinajstić information content (AvgIpc) is 2.58. The second kappa shape index (κ2) is 8.37. The first-order valence-corrected chi connectivity index (χ1v) is 8.64. The SMILES string of the molecule is CC(C)C(=O)Nc1ccc(C(=O)N(C)Cc2cccc(Cl)c2Cl)cc1. The first-order valence-electron chi connectivity index (χ1n) is 7.89. The number of amides is 2. The summed E-state index contributed by atoms with van der Waals surface area (Å²) in [5, 5.41) is 3.71. The van der Waals surface area contributed by atoms with Gasteiger partial charge < -0.3 is 10.2 Å². The molecule has 132 valence electrons. The van der Waals surface area contributed by atoms with Gasteiger partial charge in [0.15, 0.2) is 0 Å². The molecule has 0 atom stereocenters. The Bertz CT molecular complexity index is 773. The summed E-state index contributed by atoms with van der Waals surface area (Å²) in [6.45, 7) is 4.00. The minimum absolute atomic E-state index is 0.0632. The summed E-state index contributed by atoms with van der Waals surface area (Å²) in [6, 6.07) is 12.2. The van der Waals surface area contributed by atoms with Crippen LogP contribution in [0.2, 0.25) is 10.0 Å². The van der Waals surface area contributed by atoms with E-state index in [0.717, 1.165) is 5.56 Å². The molecule has 0 bridgehead atoms. The van der Waals surface area contributed by atoms with Crippen LogP contribution in [0.4, 0.5) is 5.69 Å². The number of rotatable bonds is 5. The van der Waals surface area contributed by atoms with E-state index in [9.17, 15) is 9.59 Å². The third-order valence-corrected chi connectivity index (χ3v) is 4.57. The molecule has 0 fully saturated rings. The number of carbonyl (C=O) groups is 2. The molecule has 0 saturated heterocycles. The van der Waals surface area contributed by atoms with Gasteiger partial charge in [-0.3, -0.25) is 9.59 Å². The molecular weight excluding hydrogens is 359 g/mol. The van der Waals surface area contributed by atoms with Crippen molar-refractivity contribution >= 4 is 40.7 Å². The molecule has 0 aliphatic heterocycles. The average molecular weight is 379 g/mol. The highest BCUT2D eigenvalue weighted by atomic mass is 35.5. The smallest absolute Gasteiger partial charge is 0.253 e. The largest absolute Gasteiger partial charge is 0.337 e. The number of halogens is 2. The Labute approximate surface area is 157 Å². The third kappa shape index (κ3) is 4.97. The standard InChI is InChI=1S/C19H20Cl2N2O2/c1-12(2)18(24)22-15-9-7-13(8-10-15)19(25)23(3)11-14-5-4-6-16(20)17(14)21/h4-10,12H,11H2,1-3H3,(H,22,24). The Morgan fingerprint density at radius 2 is 1.72 bits per heavy atom. The molecule has 4 nitrogen and oxygen atoms in total. The van der Waals surface area contributed by atoms with E-state index in [2.05, 4.69) is 5.32 Å². The van der Waals surface area contributed by atoms with Crippen molar-refractivity contribution in [2.75, 3.05) is 12.4 Å². The molecule has 2 amide bonds. The van der Waals surface area contributed by atoms with E-state index in [1.807, 2.05) is 19.9 Å². The molecule has 2 rings (SSSR count). The summed E-state index contributed by atoms with van der Waals surface area (Å²) in [7, 11) is 1.70. The van der Waals surface area contributed by atoms with E-state index in [-0.39, 0.29) is 17.7 Å². The van der Waals surface area contributed by atoms with E-state index >= 15 is 0 Å². The summed E-state index contributed by atoms with van der Waals surface area (Å²) in [6.07, 6.45) is 0. The number of benzene rings is 2. The zero-order valence-corrected chi connectivity index (χ0v) is 15.9. The van der Waals surface area contributed by atoms with Crippen molar-refractivity contribution in [2.24, 2.45) is 5.92 Å². The highest BCUT2D eigenvalue weighted by Gasteiger charge is 2.15. The molecule has 0 aromatic heterocycles. The topological polar surface area (TPSA) is 49.4 Å². The van der Waals surface area contributed by atoms with Gasteiger partial charge in [0.2, 0.25) is 5.91 Å². The van der Waals surface area contributed by atoms with Gasteiger partial charge in [-0.05, 0) is 35.9 Å². The van der Waals surface area contributed by atoms with E-state index < -0.39 is 0 Å². The number of nitrogens with one attached hydrogen (secondary N) is 1. The summed E-state index contributed by atoms with van der Waals surface area (Å²) >= 11 is 12.2. The van der Waals surface area contributed by atoms with Crippen molar-refractivity contribution in [1.82, 2.24) is 4.90 Å². The minimum atomic E-state index is -0.141. The molecule has 0 saturated carbocycles. The molecule has 2 aromatic carbocycles. The molecule has 0 aliphatic carbocycles. The molecule has 0 heterocycles. The first-order chi connectivity index (χ1) is 11.8. The van der Waals surface area contributed by atoms with Gasteiger partial charge in [-0.25, -0.2) is 0 Å². The van der Waals surface area contributed by atoms with Gasteiger partial charge in [0.1, 0.15) is 0 Å². The fourth-order valence-electron chi connectivity index (χ4n) is 2.20. The van der Waals surface area contributed by atoms with Crippen LogP contribution < -0.4 is 5.32 Å². The molecule has 6 heteroatoms. The fourth-order valence-corrected chi connectivity index (χ4v) is 2.58. The van der Waals surface area contributed by atoms with Crippen LogP contribution in [0.3, 0.4) is 0 Å². The lowest BCUT2D eigenvalue weighted by Crippen LogP contribution is -2.26. The van der Waals surface area contributed by atoms with Crippen molar-refractivity contribution in [3.63, 3.8) is 0 Å². The lowest BCUT2D eigenvalue weighted by molar-refractivity contribution is -0.118. The zero-order valence-electron chi connectivity index (χ0n) is 14.3. The van der Waals surface area contributed by atoms with Crippen LogP contribution >= 0.6 is 23.2 Å². The van der Waals surface area contributed by atoms with Crippen LogP contribution in [0.25, 0.3) is 0 Å². The van der Waals surface area contributed by atoms with E-state index in [4.69, 9.17) is 23.2 Å². The van der Waals surface area contributed by atoms with Crippen molar-refractivity contribution in [2.45, 2.75) is 20.4 Å². The van der Waals surface area contributed by atoms with E-state index in [1.54, 1.807) is 48.3 Å². The van der Waals surface area contributed by atoms with Crippen molar-refractivity contribution < 1.29 is 9.59 Å². The summed E-state index contributed by atoms with van der Waals surface area (Å²) in [5.74, 6) is -0.306. The predicted octanol–water partition coefficient (Wildman–Crippen LogP) is 4.86. The van der Waals surface area contributed by atoms with Gasteiger partial charge in [0.25, 0.3) is 5.91 Å². The van der Waals surface area contributed by atoms with Crippen LogP contribution in [-0.4, -0.2) is 23.8 Å². The number of hydrogen-bond acceptors (Lipinski definition) is 2. The van der Waals surface area contributed by atoms with Crippen LogP contribution in [0.5, 0.6) is 0 Å². The Kier molecular flexibility index (Phi) is 6.45.